The van der Waals surface area contributed by atoms with Crippen molar-refractivity contribution in [2.75, 3.05) is 7.11 Å². The van der Waals surface area contributed by atoms with Crippen LogP contribution in [0.2, 0.25) is 5.15 Å². The molecule has 0 fully saturated rings. The highest BCUT2D eigenvalue weighted by Crippen LogP contribution is 2.24. The molecule has 0 unspecified atom stereocenters. The topological polar surface area (TPSA) is 88.1 Å². The molecule has 0 aliphatic rings. The first-order valence-electron chi connectivity index (χ1n) is 5.58. The summed E-state index contributed by atoms with van der Waals surface area (Å²) < 4.78 is 6.20. The number of carbonyl (C=O) groups is 1. The number of hydrogen-bond donors (Lipinski definition) is 1. The first kappa shape index (κ1) is 14.1. The number of nitriles is 1. The molecular weight excluding hydrogens is 282 g/mol. The van der Waals surface area contributed by atoms with Gasteiger partial charge in [-0.25, -0.2) is 9.48 Å². The number of benzene rings is 1. The van der Waals surface area contributed by atoms with E-state index in [0.717, 1.165) is 0 Å². The third kappa shape index (κ3) is 2.50. The molecule has 0 aliphatic heterocycles. The zero-order valence-electron chi connectivity index (χ0n) is 10.5. The van der Waals surface area contributed by atoms with Crippen molar-refractivity contribution in [3.63, 3.8) is 0 Å². The number of carboxylic acid groups (broad SMARTS) is 1. The molecule has 0 bridgehead atoms. The van der Waals surface area contributed by atoms with Crippen LogP contribution in [-0.4, -0.2) is 28.0 Å². The summed E-state index contributed by atoms with van der Waals surface area (Å²) in [5.74, 6) is -1.18. The molecule has 2 aromatic rings. The molecule has 2 rings (SSSR count). The minimum Gasteiger partial charge on any atom is -0.478 e. The summed E-state index contributed by atoms with van der Waals surface area (Å²) in [6, 6.07) is 8.56. The summed E-state index contributed by atoms with van der Waals surface area (Å²) in [5, 5.41) is 22.2. The van der Waals surface area contributed by atoms with Crippen LogP contribution in [0.3, 0.4) is 0 Å². The van der Waals surface area contributed by atoms with Gasteiger partial charge in [0, 0.05) is 7.11 Å². The standard InChI is InChI=1S/C13H10ClN3O3/c1-20-7-10-11(13(18)19)12(14)17(16-10)9-4-2-3-8(5-9)6-15/h2-5H,7H2,1H3,(H,18,19). The number of nitrogens with zero attached hydrogens (tertiary/aromatic N) is 3. The Morgan fingerprint density at radius 2 is 2.35 bits per heavy atom. The van der Waals surface area contributed by atoms with E-state index in [9.17, 15) is 9.90 Å². The van der Waals surface area contributed by atoms with E-state index in [4.69, 9.17) is 21.6 Å². The Morgan fingerprint density at radius 3 is 2.95 bits per heavy atom. The number of methoxy groups -OCH3 is 1. The molecule has 102 valence electrons. The molecule has 0 saturated carbocycles. The number of aromatic carboxylic acids is 1. The molecule has 0 spiro atoms. The molecule has 1 aromatic carbocycles. The maximum absolute atomic E-state index is 11.2. The lowest BCUT2D eigenvalue weighted by atomic mass is 10.2. The van der Waals surface area contributed by atoms with Crippen molar-refractivity contribution in [2.24, 2.45) is 0 Å². The Labute approximate surface area is 119 Å². The summed E-state index contributed by atoms with van der Waals surface area (Å²) in [4.78, 5) is 11.2. The lowest BCUT2D eigenvalue weighted by Crippen LogP contribution is -2.01. The summed E-state index contributed by atoms with van der Waals surface area (Å²) in [7, 11) is 1.44. The SMILES string of the molecule is COCc1nn(-c2cccc(C#N)c2)c(Cl)c1C(=O)O. The third-order valence-electron chi connectivity index (χ3n) is 2.62. The van der Waals surface area contributed by atoms with Crippen molar-refractivity contribution < 1.29 is 14.6 Å². The average molecular weight is 292 g/mol. The number of aromatic nitrogens is 2. The minimum absolute atomic E-state index is 0.0281. The molecule has 0 amide bonds. The zero-order valence-corrected chi connectivity index (χ0v) is 11.3. The quantitative estimate of drug-likeness (QED) is 0.933. The van der Waals surface area contributed by atoms with Crippen LogP contribution in [0.1, 0.15) is 21.6 Å². The van der Waals surface area contributed by atoms with Gasteiger partial charge >= 0.3 is 5.97 Å². The molecule has 1 aromatic heterocycles. The Hall–Kier alpha value is -2.36. The molecule has 1 heterocycles. The van der Waals surface area contributed by atoms with Crippen LogP contribution in [0.25, 0.3) is 5.69 Å². The van der Waals surface area contributed by atoms with Gasteiger partial charge in [-0.2, -0.15) is 10.4 Å². The van der Waals surface area contributed by atoms with E-state index in [-0.39, 0.29) is 23.0 Å². The van der Waals surface area contributed by atoms with Crippen molar-refractivity contribution >= 4 is 17.6 Å². The van der Waals surface area contributed by atoms with Gasteiger partial charge in [0.25, 0.3) is 0 Å². The zero-order chi connectivity index (χ0) is 14.7. The van der Waals surface area contributed by atoms with Gasteiger partial charge in [-0.05, 0) is 18.2 Å². The fourth-order valence-electron chi connectivity index (χ4n) is 1.77. The monoisotopic (exact) mass is 291 g/mol. The maximum atomic E-state index is 11.2. The van der Waals surface area contributed by atoms with Crippen molar-refractivity contribution in [1.29, 1.82) is 5.26 Å². The first-order valence-corrected chi connectivity index (χ1v) is 5.96. The molecule has 6 nitrogen and oxygen atoms in total. The van der Waals surface area contributed by atoms with Gasteiger partial charge in [-0.3, -0.25) is 0 Å². The summed E-state index contributed by atoms with van der Waals surface area (Å²) in [6.07, 6.45) is 0. The van der Waals surface area contributed by atoms with Crippen molar-refractivity contribution in [2.45, 2.75) is 6.61 Å². The smallest absolute Gasteiger partial charge is 0.340 e. The van der Waals surface area contributed by atoms with Crippen LogP contribution < -0.4 is 0 Å². The molecule has 7 heteroatoms. The van der Waals surface area contributed by atoms with E-state index in [1.807, 2.05) is 6.07 Å². The lowest BCUT2D eigenvalue weighted by molar-refractivity contribution is 0.0692. The van der Waals surface area contributed by atoms with E-state index in [0.29, 0.717) is 11.3 Å². The summed E-state index contributed by atoms with van der Waals surface area (Å²) in [5.41, 5.74) is 1.07. The van der Waals surface area contributed by atoms with Crippen molar-refractivity contribution in [3.05, 3.63) is 46.2 Å². The highest BCUT2D eigenvalue weighted by atomic mass is 35.5. The van der Waals surface area contributed by atoms with Gasteiger partial charge in [0.15, 0.2) is 0 Å². The Balaban J connectivity index is 2.60. The molecule has 0 atom stereocenters. The van der Waals surface area contributed by atoms with E-state index < -0.39 is 5.97 Å². The van der Waals surface area contributed by atoms with Gasteiger partial charge in [-0.15, -0.1) is 0 Å². The van der Waals surface area contributed by atoms with Crippen molar-refractivity contribution in [3.8, 4) is 11.8 Å². The molecular formula is C13H10ClN3O3. The van der Waals surface area contributed by atoms with Gasteiger partial charge < -0.3 is 9.84 Å². The summed E-state index contributed by atoms with van der Waals surface area (Å²) >= 11 is 6.07. The molecule has 0 radical (unpaired) electrons. The molecule has 20 heavy (non-hydrogen) atoms. The highest BCUT2D eigenvalue weighted by molar-refractivity contribution is 6.32. The average Bonchev–Trinajstić information content (AvgIpc) is 2.76. The van der Waals surface area contributed by atoms with Crippen LogP contribution in [0.5, 0.6) is 0 Å². The van der Waals surface area contributed by atoms with Gasteiger partial charge in [-0.1, -0.05) is 17.7 Å². The van der Waals surface area contributed by atoms with E-state index in [1.54, 1.807) is 24.3 Å². The van der Waals surface area contributed by atoms with Crippen LogP contribution in [0.15, 0.2) is 24.3 Å². The molecule has 1 N–H and O–H groups in total. The minimum atomic E-state index is -1.18. The second kappa shape index (κ2) is 5.74. The largest absolute Gasteiger partial charge is 0.478 e. The predicted octanol–water partition coefficient (Wildman–Crippen LogP) is 2.24. The number of hydrogen-bond acceptors (Lipinski definition) is 4. The first-order chi connectivity index (χ1) is 9.58. The Kier molecular flexibility index (Phi) is 4.03. The number of ether oxygens (including phenoxy) is 1. The van der Waals surface area contributed by atoms with E-state index in [2.05, 4.69) is 5.10 Å². The van der Waals surface area contributed by atoms with Crippen LogP contribution in [0, 0.1) is 11.3 Å². The van der Waals surface area contributed by atoms with Gasteiger partial charge in [0.05, 0.1) is 23.9 Å². The van der Waals surface area contributed by atoms with Gasteiger partial charge in [0.2, 0.25) is 0 Å². The fourth-order valence-corrected chi connectivity index (χ4v) is 2.09. The molecule has 0 aliphatic carbocycles. The lowest BCUT2D eigenvalue weighted by Gasteiger charge is -2.03. The van der Waals surface area contributed by atoms with E-state index >= 15 is 0 Å². The summed E-state index contributed by atoms with van der Waals surface area (Å²) in [6.45, 7) is 0.0340. The number of rotatable bonds is 4. The predicted molar refractivity (Wildman–Crippen MR) is 71.0 cm³/mol. The van der Waals surface area contributed by atoms with Gasteiger partial charge in [0.1, 0.15) is 16.4 Å². The second-order valence-electron chi connectivity index (χ2n) is 3.92. The van der Waals surface area contributed by atoms with E-state index in [1.165, 1.54) is 11.8 Å². The highest BCUT2D eigenvalue weighted by Gasteiger charge is 2.22. The number of carboxylic acids is 1. The fraction of sp³-hybridized carbons (Fsp3) is 0.154. The number of halogens is 1. The van der Waals surface area contributed by atoms with Crippen molar-refractivity contribution in [1.82, 2.24) is 9.78 Å². The van der Waals surface area contributed by atoms with Crippen LogP contribution in [-0.2, 0) is 11.3 Å². The maximum Gasteiger partial charge on any atom is 0.340 e. The van der Waals surface area contributed by atoms with Crippen LogP contribution >= 0.6 is 11.6 Å². The Bertz CT molecular complexity index is 703. The third-order valence-corrected chi connectivity index (χ3v) is 2.97. The second-order valence-corrected chi connectivity index (χ2v) is 4.28. The Morgan fingerprint density at radius 1 is 1.60 bits per heavy atom. The van der Waals surface area contributed by atoms with Crippen LogP contribution in [0.4, 0.5) is 0 Å². The molecule has 0 saturated heterocycles. The normalized spacial score (nSPS) is 10.2.